The van der Waals surface area contributed by atoms with E-state index in [9.17, 15) is 4.79 Å². The molecule has 1 aliphatic rings. The van der Waals surface area contributed by atoms with E-state index in [0.717, 1.165) is 31.5 Å². The molecular weight excluding hydrogens is 288 g/mol. The lowest BCUT2D eigenvalue weighted by molar-refractivity contribution is 0.0718. The van der Waals surface area contributed by atoms with Gasteiger partial charge in [0, 0.05) is 18.1 Å². The van der Waals surface area contributed by atoms with Gasteiger partial charge < -0.3 is 4.90 Å². The molecule has 0 saturated carbocycles. The average molecular weight is 305 g/mol. The predicted molar refractivity (Wildman–Crippen MR) is 80.3 cm³/mol. The Bertz CT molecular complexity index is 634. The van der Waals surface area contributed by atoms with Gasteiger partial charge >= 0.3 is 0 Å². The summed E-state index contributed by atoms with van der Waals surface area (Å²) in [6.45, 7) is 2.15. The molecule has 1 aromatic heterocycles. The van der Waals surface area contributed by atoms with Gasteiger partial charge in [-0.25, -0.2) is 4.68 Å². The zero-order valence-corrected chi connectivity index (χ0v) is 12.5. The third-order valence-electron chi connectivity index (χ3n) is 3.69. The highest BCUT2D eigenvalue weighted by Gasteiger charge is 2.20. The lowest BCUT2D eigenvalue weighted by Crippen LogP contribution is -2.35. The van der Waals surface area contributed by atoms with E-state index in [-0.39, 0.29) is 5.91 Å². The third-order valence-corrected chi connectivity index (χ3v) is 4.06. The van der Waals surface area contributed by atoms with Gasteiger partial charge in [0.25, 0.3) is 5.91 Å². The second-order valence-corrected chi connectivity index (χ2v) is 5.65. The number of carbonyl (C=O) groups excluding carboxylic acids is 1. The number of amides is 1. The van der Waals surface area contributed by atoms with Crippen LogP contribution in [-0.2, 0) is 6.54 Å². The number of carbonyl (C=O) groups is 1. The SMILES string of the molecule is O=C(c1cn(Cc2ccccc2Cl)nn1)N1CCCCC1. The zero-order chi connectivity index (χ0) is 14.7. The number of aromatic nitrogens is 3. The number of benzene rings is 1. The van der Waals surface area contributed by atoms with Crippen molar-refractivity contribution in [3.8, 4) is 0 Å². The van der Waals surface area contributed by atoms with E-state index in [1.54, 1.807) is 10.9 Å². The highest BCUT2D eigenvalue weighted by Crippen LogP contribution is 2.16. The fourth-order valence-electron chi connectivity index (χ4n) is 2.53. The molecule has 0 bridgehead atoms. The van der Waals surface area contributed by atoms with Crippen molar-refractivity contribution in [1.82, 2.24) is 19.9 Å². The average Bonchev–Trinajstić information content (AvgIpc) is 2.98. The molecule has 0 N–H and O–H groups in total. The first-order chi connectivity index (χ1) is 10.2. The highest BCUT2D eigenvalue weighted by molar-refractivity contribution is 6.31. The van der Waals surface area contributed by atoms with E-state index in [2.05, 4.69) is 10.3 Å². The molecule has 1 aromatic carbocycles. The van der Waals surface area contributed by atoms with Crippen molar-refractivity contribution in [3.63, 3.8) is 0 Å². The molecule has 2 aromatic rings. The van der Waals surface area contributed by atoms with Crippen LogP contribution < -0.4 is 0 Å². The summed E-state index contributed by atoms with van der Waals surface area (Å²) in [7, 11) is 0. The first-order valence-electron chi connectivity index (χ1n) is 7.17. The number of hydrogen-bond donors (Lipinski definition) is 0. The summed E-state index contributed by atoms with van der Waals surface area (Å²) in [6, 6.07) is 7.60. The lowest BCUT2D eigenvalue weighted by Gasteiger charge is -2.25. The largest absolute Gasteiger partial charge is 0.337 e. The molecule has 1 amide bonds. The molecule has 21 heavy (non-hydrogen) atoms. The number of hydrogen-bond acceptors (Lipinski definition) is 3. The maximum Gasteiger partial charge on any atom is 0.276 e. The summed E-state index contributed by atoms with van der Waals surface area (Å²) >= 11 is 6.13. The van der Waals surface area contributed by atoms with E-state index in [4.69, 9.17) is 11.6 Å². The van der Waals surface area contributed by atoms with Gasteiger partial charge in [0.05, 0.1) is 12.7 Å². The Morgan fingerprint density at radius 2 is 1.95 bits per heavy atom. The Balaban J connectivity index is 1.71. The summed E-state index contributed by atoms with van der Waals surface area (Å²) < 4.78 is 1.65. The number of halogens is 1. The van der Waals surface area contributed by atoms with Crippen LogP contribution in [0.3, 0.4) is 0 Å². The van der Waals surface area contributed by atoms with Crippen molar-refractivity contribution in [3.05, 3.63) is 46.7 Å². The van der Waals surface area contributed by atoms with E-state index in [1.807, 2.05) is 29.2 Å². The summed E-state index contributed by atoms with van der Waals surface area (Å²) in [6.07, 6.45) is 5.03. The summed E-state index contributed by atoms with van der Waals surface area (Å²) in [4.78, 5) is 14.2. The highest BCUT2D eigenvalue weighted by atomic mass is 35.5. The van der Waals surface area contributed by atoms with Crippen molar-refractivity contribution >= 4 is 17.5 Å². The molecule has 0 spiro atoms. The molecule has 0 atom stereocenters. The molecule has 1 saturated heterocycles. The summed E-state index contributed by atoms with van der Waals surface area (Å²) in [5.41, 5.74) is 1.37. The number of likely N-dealkylation sites (tertiary alicyclic amines) is 1. The monoisotopic (exact) mass is 304 g/mol. The van der Waals surface area contributed by atoms with Crippen molar-refractivity contribution < 1.29 is 4.79 Å². The lowest BCUT2D eigenvalue weighted by atomic mass is 10.1. The molecule has 3 rings (SSSR count). The molecule has 0 aliphatic carbocycles. The smallest absolute Gasteiger partial charge is 0.276 e. The van der Waals surface area contributed by atoms with Crippen LogP contribution in [0.5, 0.6) is 0 Å². The maximum atomic E-state index is 12.3. The fourth-order valence-corrected chi connectivity index (χ4v) is 2.73. The molecule has 1 fully saturated rings. The Labute approximate surface area is 128 Å². The van der Waals surface area contributed by atoms with Gasteiger partial charge in [-0.15, -0.1) is 5.10 Å². The molecule has 0 radical (unpaired) electrons. The topological polar surface area (TPSA) is 51.0 Å². The standard InChI is InChI=1S/C15H17ClN4O/c16-13-7-3-2-6-12(13)10-20-11-14(17-18-20)15(21)19-8-4-1-5-9-19/h2-3,6-7,11H,1,4-5,8-10H2. The molecule has 110 valence electrons. The number of nitrogens with zero attached hydrogens (tertiary/aromatic N) is 4. The molecule has 5 nitrogen and oxygen atoms in total. The van der Waals surface area contributed by atoms with Gasteiger partial charge in [0.15, 0.2) is 5.69 Å². The predicted octanol–water partition coefficient (Wildman–Crippen LogP) is 2.61. The van der Waals surface area contributed by atoms with Crippen molar-refractivity contribution in [2.24, 2.45) is 0 Å². The van der Waals surface area contributed by atoms with Gasteiger partial charge in [0.1, 0.15) is 0 Å². The van der Waals surface area contributed by atoms with Crippen LogP contribution in [0, 0.1) is 0 Å². The molecule has 2 heterocycles. The van der Waals surface area contributed by atoms with Crippen LogP contribution in [-0.4, -0.2) is 38.9 Å². The quantitative estimate of drug-likeness (QED) is 0.876. The van der Waals surface area contributed by atoms with Crippen molar-refractivity contribution in [1.29, 1.82) is 0 Å². The molecule has 0 unspecified atom stereocenters. The Kier molecular flexibility index (Phi) is 4.20. The summed E-state index contributed by atoms with van der Waals surface area (Å²) in [5, 5.41) is 8.72. The van der Waals surface area contributed by atoms with Gasteiger partial charge in [-0.05, 0) is 30.9 Å². The maximum absolute atomic E-state index is 12.3. The van der Waals surface area contributed by atoms with Crippen LogP contribution in [0.15, 0.2) is 30.5 Å². The van der Waals surface area contributed by atoms with Gasteiger partial charge in [-0.2, -0.15) is 0 Å². The van der Waals surface area contributed by atoms with Crippen LogP contribution in [0.4, 0.5) is 0 Å². The second-order valence-electron chi connectivity index (χ2n) is 5.25. The van der Waals surface area contributed by atoms with Crippen molar-refractivity contribution in [2.75, 3.05) is 13.1 Å². The van der Waals surface area contributed by atoms with Crippen molar-refractivity contribution in [2.45, 2.75) is 25.8 Å². The van der Waals surface area contributed by atoms with E-state index < -0.39 is 0 Å². The Morgan fingerprint density at radius 1 is 1.19 bits per heavy atom. The minimum absolute atomic E-state index is 0.0277. The number of piperidine rings is 1. The zero-order valence-electron chi connectivity index (χ0n) is 11.7. The van der Waals surface area contributed by atoms with E-state index in [1.165, 1.54) is 6.42 Å². The van der Waals surface area contributed by atoms with Gasteiger partial charge in [0.2, 0.25) is 0 Å². The first-order valence-corrected chi connectivity index (χ1v) is 7.54. The Hall–Kier alpha value is -1.88. The third kappa shape index (κ3) is 3.24. The second kappa shape index (κ2) is 6.26. The van der Waals surface area contributed by atoms with Crippen LogP contribution in [0.2, 0.25) is 5.02 Å². The van der Waals surface area contributed by atoms with E-state index in [0.29, 0.717) is 17.3 Å². The molecular formula is C15H17ClN4O. The molecule has 1 aliphatic heterocycles. The van der Waals surface area contributed by atoms with Gasteiger partial charge in [-0.1, -0.05) is 35.0 Å². The Morgan fingerprint density at radius 3 is 2.71 bits per heavy atom. The van der Waals surface area contributed by atoms with Crippen LogP contribution in [0.25, 0.3) is 0 Å². The minimum Gasteiger partial charge on any atom is -0.337 e. The first kappa shape index (κ1) is 14.1. The van der Waals surface area contributed by atoms with Crippen LogP contribution >= 0.6 is 11.6 Å². The van der Waals surface area contributed by atoms with Gasteiger partial charge in [-0.3, -0.25) is 4.79 Å². The number of rotatable bonds is 3. The fraction of sp³-hybridized carbons (Fsp3) is 0.400. The normalized spacial score (nSPS) is 15.2. The summed E-state index contributed by atoms with van der Waals surface area (Å²) in [5.74, 6) is -0.0277. The van der Waals surface area contributed by atoms with E-state index >= 15 is 0 Å². The molecule has 6 heteroatoms. The van der Waals surface area contributed by atoms with Crippen LogP contribution in [0.1, 0.15) is 35.3 Å². The minimum atomic E-state index is -0.0277.